The van der Waals surface area contributed by atoms with E-state index in [0.717, 1.165) is 41.7 Å². The van der Waals surface area contributed by atoms with Gasteiger partial charge in [0, 0.05) is 6.42 Å². The lowest BCUT2D eigenvalue weighted by molar-refractivity contribution is -0.155. The van der Waals surface area contributed by atoms with E-state index >= 15 is 0 Å². The zero-order valence-corrected chi connectivity index (χ0v) is 22.4. The predicted octanol–water partition coefficient (Wildman–Crippen LogP) is 7.28. The molecule has 36 heavy (non-hydrogen) atoms. The third-order valence-corrected chi connectivity index (χ3v) is 6.23. The molecule has 0 atom stereocenters. The number of allylic oxidation sites excluding steroid dienone is 1. The highest BCUT2D eigenvalue weighted by Crippen LogP contribution is 2.23. The minimum absolute atomic E-state index is 0.190. The van der Waals surface area contributed by atoms with E-state index < -0.39 is 5.41 Å². The van der Waals surface area contributed by atoms with E-state index in [2.05, 4.69) is 19.1 Å². The predicted molar refractivity (Wildman–Crippen MR) is 146 cm³/mol. The Hall–Kier alpha value is -2.92. The molecule has 0 aromatic heterocycles. The van der Waals surface area contributed by atoms with Crippen LogP contribution in [0.15, 0.2) is 54.6 Å². The minimum atomic E-state index is -0.456. The highest BCUT2D eigenvalue weighted by Gasteiger charge is 2.26. The van der Waals surface area contributed by atoms with Gasteiger partial charge in [-0.15, -0.1) is 0 Å². The highest BCUT2D eigenvalue weighted by atomic mass is 16.6. The number of carbonyl (C=O) groups is 2. The molecule has 0 bridgehead atoms. The van der Waals surface area contributed by atoms with Crippen LogP contribution in [0.5, 0.6) is 5.75 Å². The molecule has 0 spiro atoms. The van der Waals surface area contributed by atoms with Gasteiger partial charge in [-0.25, -0.2) is 0 Å². The maximum atomic E-state index is 12.0. The second-order valence-electron chi connectivity index (χ2n) is 9.59. The topological polar surface area (TPSA) is 61.8 Å². The second kappa shape index (κ2) is 15.9. The average molecular weight is 495 g/mol. The lowest BCUT2D eigenvalue weighted by Crippen LogP contribution is -2.27. The number of hydrogen-bond acceptors (Lipinski definition) is 5. The Morgan fingerprint density at radius 3 is 2.08 bits per heavy atom. The maximum absolute atomic E-state index is 12.0. The molecule has 0 saturated carbocycles. The van der Waals surface area contributed by atoms with Gasteiger partial charge in [0.2, 0.25) is 0 Å². The van der Waals surface area contributed by atoms with E-state index in [4.69, 9.17) is 14.2 Å². The molecule has 0 saturated heterocycles. The summed E-state index contributed by atoms with van der Waals surface area (Å²) >= 11 is 0. The number of rotatable bonds is 17. The van der Waals surface area contributed by atoms with Gasteiger partial charge in [-0.3, -0.25) is 9.59 Å². The van der Waals surface area contributed by atoms with Crippen LogP contribution in [0.1, 0.15) is 71.8 Å². The molecule has 2 aromatic carbocycles. The van der Waals surface area contributed by atoms with E-state index in [-0.39, 0.29) is 18.4 Å². The number of benzene rings is 2. The monoisotopic (exact) mass is 494 g/mol. The normalized spacial score (nSPS) is 11.6. The summed E-state index contributed by atoms with van der Waals surface area (Å²) < 4.78 is 16.5. The Balaban J connectivity index is 1.69. The molecule has 5 nitrogen and oxygen atoms in total. The molecule has 0 fully saturated rings. The largest absolute Gasteiger partial charge is 0.491 e. The Labute approximate surface area is 216 Å². The summed E-state index contributed by atoms with van der Waals surface area (Å²) in [6.45, 7) is 9.35. The average Bonchev–Trinajstić information content (AvgIpc) is 2.90. The molecule has 196 valence electrons. The zero-order chi connectivity index (χ0) is 26.2. The van der Waals surface area contributed by atoms with Crippen LogP contribution in [0.3, 0.4) is 0 Å². The van der Waals surface area contributed by atoms with Crippen molar-refractivity contribution >= 4 is 17.8 Å². The number of carbonyl (C=O) groups excluding carboxylic acids is 2. The summed E-state index contributed by atoms with van der Waals surface area (Å²) in [7, 11) is 0. The van der Waals surface area contributed by atoms with Gasteiger partial charge in [-0.1, -0.05) is 75.6 Å². The molecule has 2 rings (SSSR count). The first kappa shape index (κ1) is 29.3. The van der Waals surface area contributed by atoms with Crippen LogP contribution in [0, 0.1) is 5.41 Å². The van der Waals surface area contributed by atoms with Crippen molar-refractivity contribution < 1.29 is 23.8 Å². The Morgan fingerprint density at radius 1 is 0.806 bits per heavy atom. The molecule has 0 heterocycles. The molecule has 0 aliphatic rings. The van der Waals surface area contributed by atoms with Crippen LogP contribution in [-0.4, -0.2) is 38.2 Å². The first-order valence-electron chi connectivity index (χ1n) is 13.1. The first-order valence-corrected chi connectivity index (χ1v) is 13.1. The standard InChI is InChI=1S/C31H42O5/c1-5-7-8-9-10-28(32)18-13-25-11-14-26(15-12-25)27-16-19-29(20-17-27)35-23-21-34-22-24-36-30(33)31(3,4)6-2/h11-20H,5-10,21-24H2,1-4H3/b18-13+. The third-order valence-electron chi connectivity index (χ3n) is 6.23. The van der Waals surface area contributed by atoms with Crippen LogP contribution in [0.2, 0.25) is 0 Å². The van der Waals surface area contributed by atoms with Crippen LogP contribution in [0.4, 0.5) is 0 Å². The lowest BCUT2D eigenvalue weighted by atomic mass is 9.91. The van der Waals surface area contributed by atoms with Crippen molar-refractivity contribution in [1.82, 2.24) is 0 Å². The molecule has 0 amide bonds. The van der Waals surface area contributed by atoms with Gasteiger partial charge in [-0.05, 0) is 61.6 Å². The Kier molecular flexibility index (Phi) is 13.0. The molecule has 5 heteroatoms. The molecule has 2 aromatic rings. The van der Waals surface area contributed by atoms with Gasteiger partial charge in [0.25, 0.3) is 0 Å². The lowest BCUT2D eigenvalue weighted by Gasteiger charge is -2.20. The summed E-state index contributed by atoms with van der Waals surface area (Å²) in [5.74, 6) is 0.769. The van der Waals surface area contributed by atoms with Crippen molar-refractivity contribution in [1.29, 1.82) is 0 Å². The van der Waals surface area contributed by atoms with E-state index in [0.29, 0.717) is 26.2 Å². The third kappa shape index (κ3) is 10.8. The quantitative estimate of drug-likeness (QED) is 0.131. The van der Waals surface area contributed by atoms with E-state index in [1.54, 1.807) is 6.08 Å². The van der Waals surface area contributed by atoms with Crippen LogP contribution < -0.4 is 4.74 Å². The maximum Gasteiger partial charge on any atom is 0.311 e. The van der Waals surface area contributed by atoms with E-state index in [1.807, 2.05) is 63.2 Å². The Morgan fingerprint density at radius 2 is 1.44 bits per heavy atom. The fourth-order valence-corrected chi connectivity index (χ4v) is 3.38. The van der Waals surface area contributed by atoms with Crippen molar-refractivity contribution in [3.8, 4) is 16.9 Å². The number of unbranched alkanes of at least 4 members (excludes halogenated alkanes) is 3. The van der Waals surface area contributed by atoms with Crippen molar-refractivity contribution in [2.24, 2.45) is 5.41 Å². The van der Waals surface area contributed by atoms with E-state index in [9.17, 15) is 9.59 Å². The Bertz CT molecular complexity index is 942. The summed E-state index contributed by atoms with van der Waals surface area (Å²) in [4.78, 5) is 23.9. The fourth-order valence-electron chi connectivity index (χ4n) is 3.38. The molecule has 0 aliphatic carbocycles. The summed E-state index contributed by atoms with van der Waals surface area (Å²) in [5.41, 5.74) is 2.76. The minimum Gasteiger partial charge on any atom is -0.491 e. The molecular weight excluding hydrogens is 452 g/mol. The van der Waals surface area contributed by atoms with Gasteiger partial charge in [0.15, 0.2) is 5.78 Å². The van der Waals surface area contributed by atoms with Crippen LogP contribution in [-0.2, 0) is 19.1 Å². The molecule has 0 radical (unpaired) electrons. The number of ether oxygens (including phenoxy) is 3. The van der Waals surface area contributed by atoms with Crippen LogP contribution in [0.25, 0.3) is 17.2 Å². The van der Waals surface area contributed by atoms with Gasteiger partial charge in [0.05, 0.1) is 18.6 Å². The van der Waals surface area contributed by atoms with Crippen molar-refractivity contribution in [3.05, 3.63) is 60.2 Å². The van der Waals surface area contributed by atoms with Crippen LogP contribution >= 0.6 is 0 Å². The number of ketones is 1. The zero-order valence-electron chi connectivity index (χ0n) is 22.4. The van der Waals surface area contributed by atoms with Gasteiger partial charge in [0.1, 0.15) is 19.0 Å². The number of esters is 1. The summed E-state index contributed by atoms with van der Waals surface area (Å²) in [5, 5.41) is 0. The highest BCUT2D eigenvalue weighted by molar-refractivity contribution is 5.93. The van der Waals surface area contributed by atoms with Gasteiger partial charge in [-0.2, -0.15) is 0 Å². The SMILES string of the molecule is CCCCCCC(=O)/C=C/c1ccc(-c2ccc(OCCOCCOC(=O)C(C)(C)CC)cc2)cc1. The second-order valence-corrected chi connectivity index (χ2v) is 9.59. The molecule has 0 unspecified atom stereocenters. The van der Waals surface area contributed by atoms with Crippen molar-refractivity contribution in [2.75, 3.05) is 26.4 Å². The smallest absolute Gasteiger partial charge is 0.311 e. The number of hydrogen-bond donors (Lipinski definition) is 0. The van der Waals surface area contributed by atoms with Gasteiger partial charge < -0.3 is 14.2 Å². The fraction of sp³-hybridized carbons (Fsp3) is 0.484. The first-order chi connectivity index (χ1) is 17.4. The summed E-state index contributed by atoms with van der Waals surface area (Å²) in [6.07, 6.45) is 9.41. The molecular formula is C31H42O5. The van der Waals surface area contributed by atoms with Crippen molar-refractivity contribution in [3.63, 3.8) is 0 Å². The molecule has 0 aliphatic heterocycles. The van der Waals surface area contributed by atoms with Crippen molar-refractivity contribution in [2.45, 2.75) is 66.2 Å². The van der Waals surface area contributed by atoms with E-state index in [1.165, 1.54) is 12.8 Å². The van der Waals surface area contributed by atoms with Gasteiger partial charge >= 0.3 is 5.97 Å². The molecule has 0 N–H and O–H groups in total. The summed E-state index contributed by atoms with van der Waals surface area (Å²) in [6, 6.07) is 16.1.